The molecule has 0 saturated carbocycles. The number of aliphatic hydroxyl groups is 1. The number of aliphatic hydroxyl groups excluding tert-OH is 1. The minimum Gasteiger partial charge on any atom is -0.379 e. The number of benzene rings is 1. The summed E-state index contributed by atoms with van der Waals surface area (Å²) < 4.78 is 13.8. The van der Waals surface area contributed by atoms with E-state index < -0.39 is 24.5 Å². The lowest BCUT2D eigenvalue weighted by atomic mass is 9.89. The summed E-state index contributed by atoms with van der Waals surface area (Å²) in [6.45, 7) is 14.7. The first-order valence-corrected chi connectivity index (χ1v) is 19.3. The zero-order chi connectivity index (χ0) is 37.7. The minimum absolute atomic E-state index is 0.0276. The Labute approximate surface area is 316 Å². The first kappa shape index (κ1) is 44.3. The van der Waals surface area contributed by atoms with Crippen LogP contribution in [0.15, 0.2) is 30.3 Å². The number of amides is 3. The Morgan fingerprint density at radius 1 is 1.00 bits per heavy atom. The van der Waals surface area contributed by atoms with Crippen LogP contribution in [0.3, 0.4) is 0 Å². The molecular weight excluding hydrogens is 749 g/mol. The average Bonchev–Trinajstić information content (AvgIpc) is 3.55. The Morgan fingerprint density at radius 3 is 2.16 bits per heavy atom. The van der Waals surface area contributed by atoms with Crippen molar-refractivity contribution in [1.29, 1.82) is 0 Å². The van der Waals surface area contributed by atoms with Crippen molar-refractivity contribution in [3.8, 4) is 0 Å². The highest BCUT2D eigenvalue weighted by Gasteiger charge is 2.42. The molecule has 286 valence electrons. The van der Waals surface area contributed by atoms with Crippen molar-refractivity contribution < 1.29 is 29.0 Å². The lowest BCUT2D eigenvalue weighted by Crippen LogP contribution is -2.59. The van der Waals surface area contributed by atoms with Gasteiger partial charge in [0.25, 0.3) is 0 Å². The van der Waals surface area contributed by atoms with Crippen molar-refractivity contribution >= 4 is 40.6 Å². The predicted molar refractivity (Wildman–Crippen MR) is 208 cm³/mol. The third-order valence-corrected chi connectivity index (χ3v) is 10.9. The second kappa shape index (κ2) is 21.6. The van der Waals surface area contributed by atoms with Crippen LogP contribution in [0.25, 0.3) is 0 Å². The quantitative estimate of drug-likeness (QED) is 0.121. The maximum atomic E-state index is 14.2. The van der Waals surface area contributed by atoms with Crippen LogP contribution in [0.1, 0.15) is 86.1 Å². The molecule has 1 saturated heterocycles. The normalized spacial score (nSPS) is 20.2. The number of carbonyl (C=O) groups excluding carboxylic acids is 3. The second-order valence-corrected chi connectivity index (χ2v) is 16.4. The molecule has 3 N–H and O–H groups in total. The molecule has 1 fully saturated rings. The van der Waals surface area contributed by atoms with E-state index in [2.05, 4.69) is 59.5 Å². The summed E-state index contributed by atoms with van der Waals surface area (Å²) >= 11 is 2.12. The molecule has 1 aliphatic heterocycles. The smallest absolute Gasteiger partial charge is 0.245 e. The molecule has 2 rings (SSSR count). The van der Waals surface area contributed by atoms with Crippen molar-refractivity contribution in [2.24, 2.45) is 17.8 Å². The maximum Gasteiger partial charge on any atom is 0.245 e. The standard InChI is InChI=1S/C38H66IN5O6/c1-12-26(6)36(42(8)38(48)34(24(2)3)41-37(47)35(25(4)5)43(9)39)31(50-11)23-33(46)44-20-16-19-29(44)30(49-10)22-32(45)40-27(7)21-28-17-14-13-15-18-28/h13-15,17-18,24-27,29-31,33-36,46H,12,16,19-23H2,1-11H3,(H,40,45)(H,41,47)/t26-,27+,29-,30+,31?,33?,34-,35-,36-/m0/s1. The third-order valence-electron chi connectivity index (χ3n) is 10.3. The first-order valence-electron chi connectivity index (χ1n) is 18.4. The molecule has 0 aliphatic carbocycles. The van der Waals surface area contributed by atoms with E-state index in [0.29, 0.717) is 6.54 Å². The number of likely N-dealkylation sites (tertiary alicyclic amines) is 1. The van der Waals surface area contributed by atoms with E-state index >= 15 is 0 Å². The molecule has 1 heterocycles. The van der Waals surface area contributed by atoms with Crippen molar-refractivity contribution in [3.63, 3.8) is 0 Å². The van der Waals surface area contributed by atoms with Crippen LogP contribution in [0.2, 0.25) is 0 Å². The van der Waals surface area contributed by atoms with Gasteiger partial charge in [0.15, 0.2) is 0 Å². The Bertz CT molecular complexity index is 1170. The van der Waals surface area contributed by atoms with Gasteiger partial charge >= 0.3 is 0 Å². The molecular formula is C38H66IN5O6. The van der Waals surface area contributed by atoms with Crippen LogP contribution in [0.5, 0.6) is 0 Å². The van der Waals surface area contributed by atoms with Gasteiger partial charge in [0.1, 0.15) is 18.3 Å². The van der Waals surface area contributed by atoms with Gasteiger partial charge in [-0.1, -0.05) is 78.3 Å². The molecule has 0 aromatic heterocycles. The van der Waals surface area contributed by atoms with E-state index in [0.717, 1.165) is 31.2 Å². The lowest BCUT2D eigenvalue weighted by molar-refractivity contribution is -0.145. The molecule has 1 aromatic rings. The average molecular weight is 816 g/mol. The summed E-state index contributed by atoms with van der Waals surface area (Å²) in [6.07, 6.45) is 1.92. The topological polar surface area (TPSA) is 124 Å². The fraction of sp³-hybridized carbons (Fsp3) is 0.763. The Hall–Kier alpha value is -1.84. The number of hydrogen-bond acceptors (Lipinski definition) is 8. The molecule has 50 heavy (non-hydrogen) atoms. The van der Waals surface area contributed by atoms with Gasteiger partial charge in [0.2, 0.25) is 17.7 Å². The number of hydrogen-bond donors (Lipinski definition) is 3. The van der Waals surface area contributed by atoms with Crippen molar-refractivity contribution in [1.82, 2.24) is 23.5 Å². The summed E-state index contributed by atoms with van der Waals surface area (Å²) in [5, 5.41) is 17.9. The summed E-state index contributed by atoms with van der Waals surface area (Å²) in [5.41, 5.74) is 1.16. The van der Waals surface area contributed by atoms with Gasteiger partial charge in [-0.05, 0) is 56.6 Å². The van der Waals surface area contributed by atoms with Crippen LogP contribution < -0.4 is 10.6 Å². The number of methoxy groups -OCH3 is 2. The van der Waals surface area contributed by atoms with Crippen LogP contribution in [0.4, 0.5) is 0 Å². The number of ether oxygens (including phenoxy) is 2. The van der Waals surface area contributed by atoms with Crippen LogP contribution >= 0.6 is 22.9 Å². The molecule has 0 spiro atoms. The van der Waals surface area contributed by atoms with Crippen LogP contribution in [0, 0.1) is 17.8 Å². The van der Waals surface area contributed by atoms with Gasteiger partial charge in [0, 0.05) is 69.2 Å². The van der Waals surface area contributed by atoms with Gasteiger partial charge in [-0.25, -0.2) is 3.11 Å². The van der Waals surface area contributed by atoms with E-state index in [1.54, 1.807) is 26.2 Å². The summed E-state index contributed by atoms with van der Waals surface area (Å²) in [4.78, 5) is 44.4. The molecule has 12 heteroatoms. The highest BCUT2D eigenvalue weighted by Crippen LogP contribution is 2.30. The van der Waals surface area contributed by atoms with Gasteiger partial charge in [-0.2, -0.15) is 0 Å². The van der Waals surface area contributed by atoms with Gasteiger partial charge < -0.3 is 30.1 Å². The SMILES string of the molecule is CC[C@H](C)[C@@H](C(CC(O)N1CCC[C@H]1[C@@H](CC(=O)N[C@H](C)Cc1ccccc1)OC)OC)N(C)C(=O)[C@@H](NC(=O)[C@H](C(C)C)N(C)I)C(C)C. The molecule has 11 nitrogen and oxygen atoms in total. The van der Waals surface area contributed by atoms with Gasteiger partial charge in [-0.15, -0.1) is 0 Å². The van der Waals surface area contributed by atoms with E-state index in [1.807, 2.05) is 67.9 Å². The maximum absolute atomic E-state index is 14.2. The molecule has 1 aliphatic rings. The fourth-order valence-electron chi connectivity index (χ4n) is 7.45. The molecule has 2 unspecified atom stereocenters. The predicted octanol–water partition coefficient (Wildman–Crippen LogP) is 4.65. The number of halogens is 1. The summed E-state index contributed by atoms with van der Waals surface area (Å²) in [7, 11) is 6.88. The van der Waals surface area contributed by atoms with E-state index in [-0.39, 0.29) is 72.5 Å². The highest BCUT2D eigenvalue weighted by molar-refractivity contribution is 14.1. The van der Waals surface area contributed by atoms with Crippen molar-refractivity contribution in [2.45, 2.75) is 136 Å². The molecule has 3 amide bonds. The Kier molecular flexibility index (Phi) is 19.2. The second-order valence-electron chi connectivity index (χ2n) is 14.8. The largest absolute Gasteiger partial charge is 0.379 e. The van der Waals surface area contributed by atoms with Crippen LogP contribution in [-0.2, 0) is 30.3 Å². The highest BCUT2D eigenvalue weighted by atomic mass is 127. The molecule has 9 atom stereocenters. The van der Waals surface area contributed by atoms with Gasteiger partial charge in [-0.3, -0.25) is 19.3 Å². The van der Waals surface area contributed by atoms with E-state index in [1.165, 1.54) is 0 Å². The van der Waals surface area contributed by atoms with E-state index in [4.69, 9.17) is 9.47 Å². The zero-order valence-corrected chi connectivity index (χ0v) is 34.6. The number of carbonyl (C=O) groups is 3. The van der Waals surface area contributed by atoms with Crippen LogP contribution in [-0.4, -0.2) is 119 Å². The third kappa shape index (κ3) is 12.7. The first-order chi connectivity index (χ1) is 23.6. The van der Waals surface area contributed by atoms with Crippen molar-refractivity contribution in [2.75, 3.05) is 34.9 Å². The number of nitrogens with one attached hydrogen (secondary N) is 2. The monoisotopic (exact) mass is 815 g/mol. The fourth-order valence-corrected chi connectivity index (χ4v) is 8.34. The van der Waals surface area contributed by atoms with Crippen molar-refractivity contribution in [3.05, 3.63) is 35.9 Å². The molecule has 0 bridgehead atoms. The minimum atomic E-state index is -0.869. The Balaban J connectivity index is 2.19. The number of nitrogens with zero attached hydrogens (tertiary/aromatic N) is 3. The lowest BCUT2D eigenvalue weighted by Gasteiger charge is -2.42. The van der Waals surface area contributed by atoms with E-state index in [9.17, 15) is 19.5 Å². The van der Waals surface area contributed by atoms with Gasteiger partial charge in [0.05, 0.1) is 24.7 Å². The molecule has 0 radical (unpaired) electrons. The molecule has 1 aromatic carbocycles. The zero-order valence-electron chi connectivity index (χ0n) is 32.4. The summed E-state index contributed by atoms with van der Waals surface area (Å²) in [6, 6.07) is 8.46. The number of likely N-dealkylation sites (N-methyl/N-ethyl adjacent to an activating group) is 2. The summed E-state index contributed by atoms with van der Waals surface area (Å²) in [5.74, 6) is -0.459. The number of rotatable bonds is 21. The Morgan fingerprint density at radius 2 is 1.64 bits per heavy atom.